The minimum Gasteiger partial charge on any atom is -0.726 e. The Hall–Kier alpha value is 0.726. The van der Waals surface area contributed by atoms with E-state index in [1.165, 1.54) is 205 Å². The second-order valence-electron chi connectivity index (χ2n) is 17.2. The molecule has 0 atom stereocenters. The summed E-state index contributed by atoms with van der Waals surface area (Å²) in [7, 11) is -13.5. The summed E-state index contributed by atoms with van der Waals surface area (Å²) in [4.78, 5) is 0. The summed E-state index contributed by atoms with van der Waals surface area (Å²) in [5.41, 5.74) is 0. The van der Waals surface area contributed by atoms with Crippen molar-refractivity contribution in [2.75, 3.05) is 25.6 Å². The van der Waals surface area contributed by atoms with Crippen LogP contribution in [0, 0.1) is 0 Å². The SMILES string of the molecule is CCCCCCCCCCCCOS(=O)(=O)[O-].CCCCCCCCCCCCOS(=O)(=O)[O-].CCCCCCCCCCCCOS(=O)(=O)[O-].CCCCCCCCCCCC[SH2+].[Mg+2]. The smallest absolute Gasteiger partial charge is 0.726 e. The Kier molecular flexibility index (Phi) is 69.9. The third-order valence-corrected chi connectivity index (χ3v) is 12.4. The van der Waals surface area contributed by atoms with Crippen LogP contribution >= 0.6 is 0 Å². The second-order valence-corrected chi connectivity index (χ2v) is 20.8. The van der Waals surface area contributed by atoms with Crippen molar-refractivity contribution in [3.63, 3.8) is 0 Å². The van der Waals surface area contributed by atoms with Gasteiger partial charge >= 0.3 is 23.1 Å². The number of unbranched alkanes of at least 4 members (excludes halogenated alkanes) is 36. The Morgan fingerprint density at radius 1 is 0.277 bits per heavy atom. The monoisotopic (exact) mass is 1020 g/mol. The third-order valence-electron chi connectivity index (χ3n) is 10.7. The molecule has 0 heterocycles. The van der Waals surface area contributed by atoms with Gasteiger partial charge in [0.1, 0.15) is 5.75 Å². The van der Waals surface area contributed by atoms with Crippen molar-refractivity contribution < 1.29 is 51.5 Å². The topological polar surface area (TPSA) is 199 Å². The number of hydrogen-bond donors (Lipinski definition) is 0. The zero-order valence-corrected chi connectivity index (χ0v) is 47.3. The fourth-order valence-electron chi connectivity index (χ4n) is 6.86. The molecule has 12 nitrogen and oxygen atoms in total. The standard InChI is InChI=1S/3C12H26O4S.C12H26S.Mg/c3*1-2-3-4-5-6-7-8-9-10-11-12-16-17(13,14)15;1-2-3-4-5-6-7-8-9-10-11-12-13;/h3*2-12H2,1H3,(H,13,14,15);13H,2-12H2,1H3;/q;;;;+2/p-2. The Balaban J connectivity index is -0.000000246. The quantitative estimate of drug-likeness (QED) is 0.0184. The van der Waals surface area contributed by atoms with Crippen LogP contribution in [-0.2, 0) is 56.4 Å². The van der Waals surface area contributed by atoms with Gasteiger partial charge in [-0.05, 0) is 44.7 Å². The molecule has 0 fully saturated rings. The van der Waals surface area contributed by atoms with E-state index in [0.717, 1.165) is 38.5 Å². The predicted molar refractivity (Wildman–Crippen MR) is 275 cm³/mol. The van der Waals surface area contributed by atoms with Gasteiger partial charge in [-0.1, -0.05) is 252 Å². The van der Waals surface area contributed by atoms with Gasteiger partial charge in [-0.15, -0.1) is 0 Å². The summed E-state index contributed by atoms with van der Waals surface area (Å²) in [6.07, 6.45) is 49.4. The van der Waals surface area contributed by atoms with E-state index in [-0.39, 0.29) is 42.9 Å². The first-order valence-corrected chi connectivity index (χ1v) is 30.8. The van der Waals surface area contributed by atoms with E-state index in [0.29, 0.717) is 19.3 Å². The van der Waals surface area contributed by atoms with Gasteiger partial charge in [-0.3, -0.25) is 12.5 Å². The first-order valence-electron chi connectivity index (χ1n) is 26.0. The van der Waals surface area contributed by atoms with Crippen LogP contribution in [0.5, 0.6) is 0 Å². The number of hydrogen-bond acceptors (Lipinski definition) is 12. The van der Waals surface area contributed by atoms with E-state index in [1.54, 1.807) is 0 Å². The van der Waals surface area contributed by atoms with E-state index >= 15 is 0 Å². The maximum Gasteiger partial charge on any atom is 2.00 e. The normalized spacial score (nSPS) is 11.4. The summed E-state index contributed by atoms with van der Waals surface area (Å²) in [6, 6.07) is 0. The first-order chi connectivity index (χ1) is 30.6. The van der Waals surface area contributed by atoms with Gasteiger partial charge in [0.25, 0.3) is 0 Å². The molecule has 0 aliphatic rings. The molecule has 0 radical (unpaired) electrons. The Bertz CT molecular complexity index is 1060. The van der Waals surface area contributed by atoms with Crippen molar-refractivity contribution in [3.05, 3.63) is 0 Å². The molecule has 0 aromatic carbocycles. The zero-order chi connectivity index (χ0) is 48.7. The third kappa shape index (κ3) is 91.6. The average Bonchev–Trinajstić information content (AvgIpc) is 3.23. The molecule has 0 amide bonds. The summed E-state index contributed by atoms with van der Waals surface area (Å²) >= 11 is 3.50. The van der Waals surface area contributed by atoms with E-state index in [4.69, 9.17) is 0 Å². The first kappa shape index (κ1) is 74.7. The molecule has 0 aromatic rings. The largest absolute Gasteiger partial charge is 2.00 e. The molecule has 65 heavy (non-hydrogen) atoms. The summed E-state index contributed by atoms with van der Waals surface area (Å²) in [5, 5.41) is 0. The fourth-order valence-corrected chi connectivity index (χ4v) is 8.08. The molecule has 0 saturated carbocycles. The predicted octanol–water partition coefficient (Wildman–Crippen LogP) is 13.7. The minimum absolute atomic E-state index is 0. The molecule has 392 valence electrons. The molecular formula is C48H102MgO12S4. The maximum atomic E-state index is 10.1. The molecule has 0 bridgehead atoms. The van der Waals surface area contributed by atoms with E-state index < -0.39 is 31.2 Å². The van der Waals surface area contributed by atoms with Gasteiger partial charge in [-0.2, -0.15) is 0 Å². The van der Waals surface area contributed by atoms with Crippen LogP contribution in [0.15, 0.2) is 0 Å². The second kappa shape index (κ2) is 60.8. The van der Waals surface area contributed by atoms with Gasteiger partial charge in [-0.25, -0.2) is 25.3 Å². The van der Waals surface area contributed by atoms with Crippen LogP contribution in [0.4, 0.5) is 0 Å². The zero-order valence-electron chi connectivity index (χ0n) is 42.4. The fraction of sp³-hybridized carbons (Fsp3) is 1.00. The summed E-state index contributed by atoms with van der Waals surface area (Å²) in [6.45, 7) is 9.01. The molecule has 0 aliphatic carbocycles. The molecule has 0 N–H and O–H groups in total. The van der Waals surface area contributed by atoms with E-state index in [2.05, 4.69) is 52.9 Å². The van der Waals surface area contributed by atoms with Gasteiger partial charge in [0.15, 0.2) is 0 Å². The van der Waals surface area contributed by atoms with Crippen LogP contribution in [0.25, 0.3) is 0 Å². The summed E-state index contributed by atoms with van der Waals surface area (Å²) < 4.78 is 103. The number of rotatable bonds is 46. The average molecular weight is 1020 g/mol. The van der Waals surface area contributed by atoms with Crippen LogP contribution < -0.4 is 0 Å². The van der Waals surface area contributed by atoms with Crippen LogP contribution in [0.1, 0.15) is 285 Å². The summed E-state index contributed by atoms with van der Waals surface area (Å²) in [5.74, 6) is 1.18. The van der Waals surface area contributed by atoms with Gasteiger partial charge in [0.05, 0.1) is 19.8 Å². The van der Waals surface area contributed by atoms with E-state index in [9.17, 15) is 38.9 Å². The molecule has 0 aromatic heterocycles. The molecule has 0 aliphatic heterocycles. The van der Waals surface area contributed by atoms with Crippen LogP contribution in [0.3, 0.4) is 0 Å². The van der Waals surface area contributed by atoms with Gasteiger partial charge < -0.3 is 13.7 Å². The van der Waals surface area contributed by atoms with Crippen molar-refractivity contribution in [3.8, 4) is 0 Å². The minimum atomic E-state index is -4.48. The molecule has 17 heteroatoms. The molecule has 0 saturated heterocycles. The maximum absolute atomic E-state index is 10.1. The molecular weight excluding hydrogens is 921 g/mol. The Morgan fingerprint density at radius 3 is 0.554 bits per heavy atom. The van der Waals surface area contributed by atoms with E-state index in [1.807, 2.05) is 0 Å². The van der Waals surface area contributed by atoms with Crippen molar-refractivity contribution in [1.82, 2.24) is 0 Å². The van der Waals surface area contributed by atoms with Crippen molar-refractivity contribution in [2.24, 2.45) is 0 Å². The molecule has 0 unspecified atom stereocenters. The van der Waals surface area contributed by atoms with Crippen LogP contribution in [-0.4, -0.2) is 87.5 Å². The Morgan fingerprint density at radius 2 is 0.415 bits per heavy atom. The van der Waals surface area contributed by atoms with Crippen LogP contribution in [0.2, 0.25) is 0 Å². The molecule has 0 spiro atoms. The van der Waals surface area contributed by atoms with Crippen molar-refractivity contribution >= 4 is 66.9 Å². The van der Waals surface area contributed by atoms with Crippen molar-refractivity contribution in [2.45, 2.75) is 285 Å². The molecule has 0 rings (SSSR count). The van der Waals surface area contributed by atoms with Gasteiger partial charge in [0.2, 0.25) is 31.2 Å². The van der Waals surface area contributed by atoms with Gasteiger partial charge in [0, 0.05) is 0 Å². The van der Waals surface area contributed by atoms with Crippen molar-refractivity contribution in [1.29, 1.82) is 0 Å². The Labute approximate surface area is 425 Å².